The van der Waals surface area contributed by atoms with Crippen molar-refractivity contribution in [2.45, 2.75) is 46.0 Å². The van der Waals surface area contributed by atoms with Gasteiger partial charge in [-0.05, 0) is 61.4 Å². The van der Waals surface area contributed by atoms with E-state index >= 15 is 0 Å². The van der Waals surface area contributed by atoms with Crippen molar-refractivity contribution < 1.29 is 14.2 Å². The fraction of sp³-hybridized carbons (Fsp3) is 0.385. The first-order valence-electron chi connectivity index (χ1n) is 11.2. The highest BCUT2D eigenvalue weighted by atomic mass is 35.5. The van der Waals surface area contributed by atoms with Gasteiger partial charge < -0.3 is 15.6 Å². The third-order valence-electron chi connectivity index (χ3n) is 5.27. The molecular weight excluding hydrogens is 441 g/mol. The zero-order valence-corrected chi connectivity index (χ0v) is 20.3. The summed E-state index contributed by atoms with van der Waals surface area (Å²) in [5, 5.41) is 8.10. The zero-order chi connectivity index (χ0) is 24.2. The smallest absolute Gasteiger partial charge is 0.145 e. The molecule has 0 bridgehead atoms. The van der Waals surface area contributed by atoms with Crippen LogP contribution in [0.1, 0.15) is 42.8 Å². The molecule has 0 fully saturated rings. The van der Waals surface area contributed by atoms with Gasteiger partial charge in [0.2, 0.25) is 0 Å². The molecule has 5 nitrogen and oxygen atoms in total. The Kier molecular flexibility index (Phi) is 11.1. The van der Waals surface area contributed by atoms with Crippen LogP contribution in [0.4, 0.5) is 10.2 Å². The average Bonchev–Trinajstić information content (AvgIpc) is 3.33. The number of alkyl halides is 1. The number of fused-ring (bicyclic) bond motifs is 1. The second kappa shape index (κ2) is 13.8. The molecule has 0 amide bonds. The number of aliphatic hydroxyl groups is 1. The van der Waals surface area contributed by atoms with Gasteiger partial charge in [-0.25, -0.2) is 14.4 Å². The van der Waals surface area contributed by atoms with Gasteiger partial charge in [0, 0.05) is 5.56 Å². The van der Waals surface area contributed by atoms with E-state index in [1.165, 1.54) is 19.3 Å². The Balaban J connectivity index is 0.000000242. The van der Waals surface area contributed by atoms with Crippen LogP contribution in [0.25, 0.3) is 11.3 Å². The second-order valence-electron chi connectivity index (χ2n) is 7.44. The van der Waals surface area contributed by atoms with Gasteiger partial charge >= 0.3 is 0 Å². The van der Waals surface area contributed by atoms with Gasteiger partial charge in [0.05, 0.1) is 35.8 Å². The highest BCUT2D eigenvalue weighted by Crippen LogP contribution is 2.32. The molecule has 7 heteroatoms. The van der Waals surface area contributed by atoms with Crippen molar-refractivity contribution in [1.29, 1.82) is 0 Å². The van der Waals surface area contributed by atoms with Crippen LogP contribution in [0.5, 0.6) is 5.75 Å². The number of aromatic nitrogens is 2. The van der Waals surface area contributed by atoms with Gasteiger partial charge in [0.15, 0.2) is 0 Å². The molecule has 0 spiro atoms. The number of hydrogen-bond donors (Lipinski definition) is 2. The summed E-state index contributed by atoms with van der Waals surface area (Å²) < 4.78 is 15.6. The lowest BCUT2D eigenvalue weighted by molar-refractivity contribution is 0.253. The van der Waals surface area contributed by atoms with Gasteiger partial charge in [0.1, 0.15) is 18.2 Å². The minimum atomic E-state index is -0.625. The lowest BCUT2D eigenvalue weighted by Crippen LogP contribution is -2.06. The third-order valence-corrected chi connectivity index (χ3v) is 5.58. The van der Waals surface area contributed by atoms with Crippen molar-refractivity contribution in [2.24, 2.45) is 0 Å². The third kappa shape index (κ3) is 7.41. The number of nitrogens with zero attached hydrogens (tertiary/aromatic N) is 2. The minimum absolute atomic E-state index is 0.347. The van der Waals surface area contributed by atoms with E-state index in [9.17, 15) is 4.39 Å². The Morgan fingerprint density at radius 2 is 1.64 bits per heavy atom. The molecule has 1 aliphatic carbocycles. The van der Waals surface area contributed by atoms with Gasteiger partial charge in [-0.15, -0.1) is 0 Å². The van der Waals surface area contributed by atoms with Gasteiger partial charge in [0.25, 0.3) is 0 Å². The van der Waals surface area contributed by atoms with Crippen LogP contribution >= 0.6 is 11.6 Å². The largest absolute Gasteiger partial charge is 0.497 e. The van der Waals surface area contributed by atoms with Gasteiger partial charge in [-0.2, -0.15) is 0 Å². The molecule has 3 N–H and O–H groups in total. The molecule has 3 aromatic rings. The zero-order valence-electron chi connectivity index (χ0n) is 19.6. The Morgan fingerprint density at radius 1 is 1.03 bits per heavy atom. The average molecular weight is 474 g/mol. The highest BCUT2D eigenvalue weighted by Gasteiger charge is 2.14. The van der Waals surface area contributed by atoms with Crippen molar-refractivity contribution in [3.63, 3.8) is 0 Å². The molecule has 178 valence electrons. The highest BCUT2D eigenvalue weighted by molar-refractivity contribution is 6.33. The summed E-state index contributed by atoms with van der Waals surface area (Å²) in [5.41, 5.74) is 12.3. The molecule has 1 aliphatic rings. The number of ether oxygens (including phenoxy) is 1. The molecule has 0 saturated carbocycles. The Hall–Kier alpha value is -2.70. The number of hydrogen-bond acceptors (Lipinski definition) is 5. The maximum Gasteiger partial charge on any atom is 0.145 e. The molecule has 1 aromatic heterocycles. The first kappa shape index (κ1) is 26.6. The first-order chi connectivity index (χ1) is 16.0. The molecule has 0 radical (unpaired) electrons. The number of aryl methyl sites for hydroxylation is 4. The van der Waals surface area contributed by atoms with Gasteiger partial charge in [-0.3, -0.25) is 0 Å². The Bertz CT molecular complexity index is 1010. The molecule has 0 saturated heterocycles. The standard InChI is InChI=1S/C15H18ClN3O.C9H10.C2H5FO/c1-4-12-14(18-13(5-2)15(17)19-12)10-7-6-9(20-3)8-11(10)16;1-2-5-9-7-3-6-8(9)4-1;3-1-2-4/h6-8H,4-5H2,1-3H3,(H2,17,19);1-2,4-5H,3,6-7H2;4H,1-2H2. The molecule has 0 aliphatic heterocycles. The van der Waals surface area contributed by atoms with E-state index in [1.807, 2.05) is 26.0 Å². The summed E-state index contributed by atoms with van der Waals surface area (Å²) in [6.07, 6.45) is 5.45. The lowest BCUT2D eigenvalue weighted by Gasteiger charge is -2.12. The van der Waals surface area contributed by atoms with E-state index in [-0.39, 0.29) is 6.61 Å². The summed E-state index contributed by atoms with van der Waals surface area (Å²) in [6.45, 7) is 3.06. The maximum absolute atomic E-state index is 10.5. The van der Waals surface area contributed by atoms with Crippen LogP contribution in [0, 0.1) is 0 Å². The van der Waals surface area contributed by atoms with Crippen LogP contribution in [-0.2, 0) is 25.7 Å². The number of anilines is 1. The van der Waals surface area contributed by atoms with E-state index in [0.717, 1.165) is 41.2 Å². The second-order valence-corrected chi connectivity index (χ2v) is 7.85. The van der Waals surface area contributed by atoms with E-state index < -0.39 is 6.67 Å². The van der Waals surface area contributed by atoms with E-state index in [0.29, 0.717) is 10.8 Å². The lowest BCUT2D eigenvalue weighted by atomic mass is 10.1. The van der Waals surface area contributed by atoms with E-state index in [2.05, 4.69) is 34.2 Å². The van der Waals surface area contributed by atoms with Crippen molar-refractivity contribution in [2.75, 3.05) is 26.1 Å². The molecule has 0 unspecified atom stereocenters. The summed E-state index contributed by atoms with van der Waals surface area (Å²) in [7, 11) is 1.61. The van der Waals surface area contributed by atoms with Crippen molar-refractivity contribution >= 4 is 17.4 Å². The number of benzene rings is 2. The van der Waals surface area contributed by atoms with Crippen LogP contribution in [0.15, 0.2) is 42.5 Å². The van der Waals surface area contributed by atoms with Gasteiger partial charge in [-0.1, -0.05) is 49.7 Å². The van der Waals surface area contributed by atoms with Crippen LogP contribution < -0.4 is 10.5 Å². The number of nitrogens with two attached hydrogens (primary N) is 1. The molecule has 4 rings (SSSR count). The quantitative estimate of drug-likeness (QED) is 0.501. The van der Waals surface area contributed by atoms with E-state index in [1.54, 1.807) is 24.3 Å². The Labute approximate surface area is 200 Å². The van der Waals surface area contributed by atoms with Crippen molar-refractivity contribution in [3.8, 4) is 17.0 Å². The predicted octanol–water partition coefficient (Wildman–Crippen LogP) is 5.64. The van der Waals surface area contributed by atoms with Crippen molar-refractivity contribution in [3.05, 3.63) is 70.0 Å². The van der Waals surface area contributed by atoms with Crippen LogP contribution in [0.3, 0.4) is 0 Å². The number of halogens is 2. The number of methoxy groups -OCH3 is 1. The normalized spacial score (nSPS) is 11.6. The molecule has 33 heavy (non-hydrogen) atoms. The molecule has 1 heterocycles. The monoisotopic (exact) mass is 473 g/mol. The van der Waals surface area contributed by atoms with Crippen molar-refractivity contribution in [1.82, 2.24) is 9.97 Å². The fourth-order valence-electron chi connectivity index (χ4n) is 3.57. The van der Waals surface area contributed by atoms with Crippen LogP contribution in [0.2, 0.25) is 5.02 Å². The fourth-order valence-corrected chi connectivity index (χ4v) is 3.83. The molecule has 2 aromatic carbocycles. The van der Waals surface area contributed by atoms with E-state index in [4.69, 9.17) is 27.2 Å². The summed E-state index contributed by atoms with van der Waals surface area (Å²) in [5.74, 6) is 1.22. The summed E-state index contributed by atoms with van der Waals surface area (Å²) in [6, 6.07) is 14.3. The summed E-state index contributed by atoms with van der Waals surface area (Å²) in [4.78, 5) is 9.08. The molecule has 0 atom stereocenters. The summed E-state index contributed by atoms with van der Waals surface area (Å²) >= 11 is 6.33. The number of aliphatic hydroxyl groups excluding tert-OH is 1. The SMILES string of the molecule is CCc1nc(-c2ccc(OC)cc2Cl)c(CC)nc1N.OCCF.c1ccc2c(c1)CCC2. The first-order valence-corrected chi connectivity index (χ1v) is 11.6. The predicted molar refractivity (Wildman–Crippen MR) is 134 cm³/mol. The number of rotatable bonds is 5. The van der Waals surface area contributed by atoms with Crippen LogP contribution in [-0.4, -0.2) is 35.5 Å². The minimum Gasteiger partial charge on any atom is -0.497 e. The maximum atomic E-state index is 10.5. The topological polar surface area (TPSA) is 81.3 Å². The number of nitrogen functional groups attached to an aromatic ring is 1. The Morgan fingerprint density at radius 3 is 2.12 bits per heavy atom. The molecular formula is C26H33ClFN3O2.